The maximum Gasteiger partial charge on any atom is 0.270 e. The predicted molar refractivity (Wildman–Crippen MR) is 92.0 cm³/mol. The first-order valence-electron chi connectivity index (χ1n) is 7.15. The van der Waals surface area contributed by atoms with Crippen molar-refractivity contribution in [1.29, 1.82) is 0 Å². The third-order valence-electron chi connectivity index (χ3n) is 3.47. The lowest BCUT2D eigenvalue weighted by Crippen LogP contribution is -1.95. The molecule has 0 spiro atoms. The molecule has 2 aromatic carbocycles. The number of nitro benzene ring substituents is 1. The predicted octanol–water partition coefficient (Wildman–Crippen LogP) is 5.27. The molecule has 0 saturated heterocycles. The summed E-state index contributed by atoms with van der Waals surface area (Å²) in [6.45, 7) is 4.17. The van der Waals surface area contributed by atoms with Crippen LogP contribution in [0.5, 0.6) is 0 Å². The van der Waals surface area contributed by atoms with Gasteiger partial charge in [-0.2, -0.15) is 0 Å². The first-order chi connectivity index (χ1) is 10.9. The molecular weight excluding hydrogens is 314 g/mol. The van der Waals surface area contributed by atoms with Crippen molar-refractivity contribution in [2.45, 2.75) is 19.8 Å². The molecule has 0 aliphatic rings. The fraction of sp³-hybridized carbons (Fsp3) is 0.167. The van der Waals surface area contributed by atoms with Gasteiger partial charge < -0.3 is 0 Å². The Hall–Kier alpha value is -2.46. The van der Waals surface area contributed by atoms with Gasteiger partial charge in [-0.05, 0) is 35.3 Å². The van der Waals surface area contributed by atoms with Gasteiger partial charge in [-0.25, -0.2) is 0 Å². The summed E-state index contributed by atoms with van der Waals surface area (Å²) in [5.74, 6) is 0.223. The van der Waals surface area contributed by atoms with Crippen molar-refractivity contribution in [3.05, 3.63) is 80.4 Å². The highest BCUT2D eigenvalue weighted by molar-refractivity contribution is 6.32. The monoisotopic (exact) mass is 329 g/mol. The summed E-state index contributed by atoms with van der Waals surface area (Å²) in [5.41, 5.74) is 2.09. The zero-order valence-electron chi connectivity index (χ0n) is 12.8. The number of halogens is 1. The molecule has 5 heteroatoms. The minimum absolute atomic E-state index is 0.0669. The SMILES string of the molecule is CC(C)c1ccc(C(=O)/C=C/c2cc([N+](=O)[O-])ccc2Cl)cc1. The number of nitrogens with zero attached hydrogens (tertiary/aromatic N) is 1. The van der Waals surface area contributed by atoms with Crippen LogP contribution in [0.3, 0.4) is 0 Å². The second kappa shape index (κ2) is 7.20. The number of benzene rings is 2. The second-order valence-corrected chi connectivity index (χ2v) is 5.84. The van der Waals surface area contributed by atoms with Gasteiger partial charge in [0.15, 0.2) is 5.78 Å². The molecule has 0 atom stereocenters. The molecule has 0 saturated carbocycles. The van der Waals surface area contributed by atoms with Crippen LogP contribution in [0.4, 0.5) is 5.69 Å². The number of allylic oxidation sites excluding steroid dienone is 1. The van der Waals surface area contributed by atoms with Gasteiger partial charge in [-0.15, -0.1) is 0 Å². The van der Waals surface area contributed by atoms with E-state index >= 15 is 0 Å². The average Bonchev–Trinajstić information content (AvgIpc) is 2.53. The normalized spacial score (nSPS) is 11.1. The first kappa shape index (κ1) is 16.9. The smallest absolute Gasteiger partial charge is 0.270 e. The fourth-order valence-electron chi connectivity index (χ4n) is 2.07. The molecule has 0 radical (unpaired) electrons. The fourth-order valence-corrected chi connectivity index (χ4v) is 2.25. The van der Waals surface area contributed by atoms with E-state index in [-0.39, 0.29) is 11.5 Å². The van der Waals surface area contributed by atoms with Crippen molar-refractivity contribution in [2.24, 2.45) is 0 Å². The minimum Gasteiger partial charge on any atom is -0.289 e. The molecule has 0 heterocycles. The lowest BCUT2D eigenvalue weighted by atomic mass is 10.0. The zero-order chi connectivity index (χ0) is 17.0. The van der Waals surface area contributed by atoms with Crippen LogP contribution in [0, 0.1) is 10.1 Å². The minimum atomic E-state index is -0.500. The number of non-ortho nitro benzene ring substituents is 1. The molecule has 2 rings (SSSR count). The van der Waals surface area contributed by atoms with Crippen LogP contribution in [0.1, 0.15) is 41.3 Å². The molecule has 0 bridgehead atoms. The molecular formula is C18H16ClNO3. The maximum atomic E-state index is 12.2. The Kier molecular flexibility index (Phi) is 5.29. The summed E-state index contributed by atoms with van der Waals surface area (Å²) < 4.78 is 0. The molecule has 0 amide bonds. The number of rotatable bonds is 5. The molecule has 4 nitrogen and oxygen atoms in total. The standard InChI is InChI=1S/C18H16ClNO3/c1-12(2)13-3-5-14(6-4-13)18(21)10-7-15-11-16(20(22)23)8-9-17(15)19/h3-12H,1-2H3/b10-7+. The topological polar surface area (TPSA) is 60.2 Å². The quantitative estimate of drug-likeness (QED) is 0.325. The molecule has 0 aliphatic carbocycles. The van der Waals surface area contributed by atoms with E-state index in [1.807, 2.05) is 12.1 Å². The van der Waals surface area contributed by atoms with Gasteiger partial charge in [0.1, 0.15) is 0 Å². The highest BCUT2D eigenvalue weighted by atomic mass is 35.5. The third-order valence-corrected chi connectivity index (χ3v) is 3.81. The van der Waals surface area contributed by atoms with Gasteiger partial charge in [0.25, 0.3) is 5.69 Å². The maximum absolute atomic E-state index is 12.2. The molecule has 0 aliphatic heterocycles. The molecule has 0 unspecified atom stereocenters. The van der Waals surface area contributed by atoms with Crippen LogP contribution in [0.25, 0.3) is 6.08 Å². The van der Waals surface area contributed by atoms with E-state index in [9.17, 15) is 14.9 Å². The number of hydrogen-bond acceptors (Lipinski definition) is 3. The zero-order valence-corrected chi connectivity index (χ0v) is 13.6. The highest BCUT2D eigenvalue weighted by Crippen LogP contribution is 2.23. The van der Waals surface area contributed by atoms with Gasteiger partial charge in [-0.1, -0.05) is 49.7 Å². The Morgan fingerprint density at radius 3 is 2.39 bits per heavy atom. The summed E-state index contributed by atoms with van der Waals surface area (Å²) in [4.78, 5) is 22.4. The average molecular weight is 330 g/mol. The lowest BCUT2D eigenvalue weighted by molar-refractivity contribution is -0.384. The van der Waals surface area contributed by atoms with Crippen LogP contribution in [0.15, 0.2) is 48.5 Å². The Balaban J connectivity index is 2.21. The van der Waals surface area contributed by atoms with E-state index in [1.54, 1.807) is 12.1 Å². The summed E-state index contributed by atoms with van der Waals surface area (Å²) in [5, 5.41) is 11.1. The van der Waals surface area contributed by atoms with Crippen molar-refractivity contribution < 1.29 is 9.72 Å². The van der Waals surface area contributed by atoms with Gasteiger partial charge in [0.05, 0.1) is 4.92 Å². The van der Waals surface area contributed by atoms with Crippen molar-refractivity contribution >= 4 is 29.1 Å². The van der Waals surface area contributed by atoms with Crippen LogP contribution in [-0.4, -0.2) is 10.7 Å². The van der Waals surface area contributed by atoms with E-state index in [1.165, 1.54) is 30.4 Å². The third kappa shape index (κ3) is 4.27. The summed E-state index contributed by atoms with van der Waals surface area (Å²) in [6, 6.07) is 11.5. The Labute approximate surface area is 139 Å². The van der Waals surface area contributed by atoms with Gasteiger partial charge in [0, 0.05) is 22.7 Å². The number of carbonyl (C=O) groups is 1. The Bertz CT molecular complexity index is 764. The van der Waals surface area contributed by atoms with Gasteiger partial charge in [0.2, 0.25) is 0 Å². The molecule has 2 aromatic rings. The molecule has 23 heavy (non-hydrogen) atoms. The molecule has 0 fully saturated rings. The van der Waals surface area contributed by atoms with E-state index in [2.05, 4.69) is 13.8 Å². The molecule has 0 aromatic heterocycles. The second-order valence-electron chi connectivity index (χ2n) is 5.44. The Morgan fingerprint density at radius 2 is 1.83 bits per heavy atom. The first-order valence-corrected chi connectivity index (χ1v) is 7.52. The number of nitro groups is 1. The molecule has 118 valence electrons. The largest absolute Gasteiger partial charge is 0.289 e. The number of carbonyl (C=O) groups excluding carboxylic acids is 1. The van der Waals surface area contributed by atoms with Gasteiger partial charge >= 0.3 is 0 Å². The van der Waals surface area contributed by atoms with E-state index in [0.717, 1.165) is 5.56 Å². The molecule has 0 N–H and O–H groups in total. The lowest BCUT2D eigenvalue weighted by Gasteiger charge is -2.05. The van der Waals surface area contributed by atoms with E-state index in [4.69, 9.17) is 11.6 Å². The van der Waals surface area contributed by atoms with Crippen LogP contribution >= 0.6 is 11.6 Å². The van der Waals surface area contributed by atoms with E-state index in [0.29, 0.717) is 22.1 Å². The Morgan fingerprint density at radius 1 is 1.17 bits per heavy atom. The van der Waals surface area contributed by atoms with Crippen LogP contribution < -0.4 is 0 Å². The van der Waals surface area contributed by atoms with Crippen molar-refractivity contribution in [3.8, 4) is 0 Å². The number of hydrogen-bond donors (Lipinski definition) is 0. The summed E-state index contributed by atoms with van der Waals surface area (Å²) in [7, 11) is 0. The van der Waals surface area contributed by atoms with Crippen LogP contribution in [0.2, 0.25) is 5.02 Å². The summed E-state index contributed by atoms with van der Waals surface area (Å²) >= 11 is 6.00. The van der Waals surface area contributed by atoms with Crippen LogP contribution in [-0.2, 0) is 0 Å². The van der Waals surface area contributed by atoms with E-state index < -0.39 is 4.92 Å². The van der Waals surface area contributed by atoms with Crippen molar-refractivity contribution in [3.63, 3.8) is 0 Å². The van der Waals surface area contributed by atoms with Crippen molar-refractivity contribution in [1.82, 2.24) is 0 Å². The van der Waals surface area contributed by atoms with Gasteiger partial charge in [-0.3, -0.25) is 14.9 Å². The summed E-state index contributed by atoms with van der Waals surface area (Å²) in [6.07, 6.45) is 2.86. The number of ketones is 1. The van der Waals surface area contributed by atoms with Crippen molar-refractivity contribution in [2.75, 3.05) is 0 Å². The highest BCUT2D eigenvalue weighted by Gasteiger charge is 2.09.